The predicted molar refractivity (Wildman–Crippen MR) is 77.3 cm³/mol. The van der Waals surface area contributed by atoms with Crippen LogP contribution in [0.1, 0.15) is 5.56 Å². The second kappa shape index (κ2) is 4.73. The van der Waals surface area contributed by atoms with E-state index in [1.54, 1.807) is 7.11 Å². The van der Waals surface area contributed by atoms with Crippen molar-refractivity contribution in [2.75, 3.05) is 7.11 Å². The van der Waals surface area contributed by atoms with E-state index in [1.807, 2.05) is 48.5 Å². The summed E-state index contributed by atoms with van der Waals surface area (Å²) in [5.74, 6) is 1.73. The van der Waals surface area contributed by atoms with Crippen molar-refractivity contribution >= 4 is 11.0 Å². The summed E-state index contributed by atoms with van der Waals surface area (Å²) in [5, 5.41) is 1.08. The number of hydrogen-bond acceptors (Lipinski definition) is 1. The van der Waals surface area contributed by atoms with Crippen LogP contribution in [0.15, 0.2) is 59.0 Å². The van der Waals surface area contributed by atoms with E-state index in [9.17, 15) is 0 Å². The van der Waals surface area contributed by atoms with Crippen LogP contribution >= 0.6 is 0 Å². The average molecular weight is 251 g/mol. The van der Waals surface area contributed by atoms with Gasteiger partial charge in [-0.25, -0.2) is 4.42 Å². The van der Waals surface area contributed by atoms with Gasteiger partial charge in [-0.2, -0.15) is 0 Å². The molecule has 0 amide bonds. The maximum atomic E-state index is 5.97. The van der Waals surface area contributed by atoms with E-state index < -0.39 is 0 Å². The molecule has 1 heterocycles. The first-order valence-corrected chi connectivity index (χ1v) is 6.25. The van der Waals surface area contributed by atoms with Gasteiger partial charge in [0.15, 0.2) is 0 Å². The molecule has 0 bridgehead atoms. The third-order valence-corrected chi connectivity index (χ3v) is 3.24. The Hall–Kier alpha value is -2.35. The molecule has 0 fully saturated rings. The van der Waals surface area contributed by atoms with Crippen LogP contribution in [0.4, 0.5) is 0 Å². The minimum Gasteiger partial charge on any atom is -0.497 e. The lowest BCUT2D eigenvalue weighted by Crippen LogP contribution is -1.86. The Balaban J connectivity index is 2.20. The monoisotopic (exact) mass is 251 g/mol. The molecule has 0 saturated heterocycles. The molecule has 0 aliphatic carbocycles. The molecule has 0 atom stereocenters. The SMILES string of the molecule is COc1ccc2[o+]c(-c3ccccc3)cc(C)c2c1. The van der Waals surface area contributed by atoms with Crippen LogP contribution in [0, 0.1) is 6.92 Å². The number of rotatable bonds is 2. The Kier molecular flexibility index (Phi) is 2.92. The number of ether oxygens (including phenoxy) is 1. The van der Waals surface area contributed by atoms with Gasteiger partial charge in [0.25, 0.3) is 0 Å². The van der Waals surface area contributed by atoms with Crippen molar-refractivity contribution in [3.05, 3.63) is 60.2 Å². The summed E-state index contributed by atoms with van der Waals surface area (Å²) in [7, 11) is 1.67. The Morgan fingerprint density at radius 2 is 1.74 bits per heavy atom. The van der Waals surface area contributed by atoms with Gasteiger partial charge in [-0.3, -0.25) is 0 Å². The van der Waals surface area contributed by atoms with Crippen LogP contribution < -0.4 is 4.74 Å². The maximum absolute atomic E-state index is 5.97. The summed E-state index contributed by atoms with van der Waals surface area (Å²) in [6, 6.07) is 18.1. The minimum atomic E-state index is 0.846. The molecule has 3 rings (SSSR count). The third-order valence-electron chi connectivity index (χ3n) is 3.24. The summed E-state index contributed by atoms with van der Waals surface area (Å²) < 4.78 is 11.2. The lowest BCUT2D eigenvalue weighted by atomic mass is 10.1. The van der Waals surface area contributed by atoms with Gasteiger partial charge in [-0.15, -0.1) is 0 Å². The number of aryl methyl sites for hydroxylation is 1. The molecular formula is C17H15O2+. The first-order chi connectivity index (χ1) is 9.28. The van der Waals surface area contributed by atoms with Gasteiger partial charge in [0.05, 0.1) is 18.1 Å². The van der Waals surface area contributed by atoms with Crippen LogP contribution in [0.3, 0.4) is 0 Å². The van der Waals surface area contributed by atoms with Gasteiger partial charge < -0.3 is 4.74 Å². The largest absolute Gasteiger partial charge is 0.497 e. The second-order valence-electron chi connectivity index (χ2n) is 4.52. The van der Waals surface area contributed by atoms with Crippen molar-refractivity contribution in [1.82, 2.24) is 0 Å². The Bertz CT molecular complexity index is 718. The Labute approximate surface area is 112 Å². The molecule has 19 heavy (non-hydrogen) atoms. The lowest BCUT2D eigenvalue weighted by molar-refractivity contribution is 0.415. The highest BCUT2D eigenvalue weighted by molar-refractivity contribution is 5.83. The van der Waals surface area contributed by atoms with Crippen molar-refractivity contribution < 1.29 is 9.15 Å². The van der Waals surface area contributed by atoms with Crippen LogP contribution in [-0.2, 0) is 0 Å². The van der Waals surface area contributed by atoms with Gasteiger partial charge in [0.1, 0.15) is 5.75 Å². The van der Waals surface area contributed by atoms with E-state index in [-0.39, 0.29) is 0 Å². The molecule has 3 aromatic rings. The molecule has 2 nitrogen and oxygen atoms in total. The summed E-state index contributed by atoms with van der Waals surface area (Å²) in [6.07, 6.45) is 0. The molecular weight excluding hydrogens is 236 g/mol. The fourth-order valence-corrected chi connectivity index (χ4v) is 2.20. The van der Waals surface area contributed by atoms with Crippen molar-refractivity contribution in [1.29, 1.82) is 0 Å². The zero-order valence-electron chi connectivity index (χ0n) is 11.0. The van der Waals surface area contributed by atoms with Gasteiger partial charge in [0.2, 0.25) is 0 Å². The quantitative estimate of drug-likeness (QED) is 0.615. The predicted octanol–water partition coefficient (Wildman–Crippen LogP) is 4.70. The molecule has 0 saturated carbocycles. The first-order valence-electron chi connectivity index (χ1n) is 6.25. The molecule has 0 radical (unpaired) electrons. The zero-order valence-corrected chi connectivity index (χ0v) is 11.0. The zero-order chi connectivity index (χ0) is 13.2. The Morgan fingerprint density at radius 3 is 2.47 bits per heavy atom. The van der Waals surface area contributed by atoms with E-state index in [2.05, 4.69) is 13.0 Å². The molecule has 0 spiro atoms. The fourth-order valence-electron chi connectivity index (χ4n) is 2.20. The van der Waals surface area contributed by atoms with Crippen molar-refractivity contribution in [2.24, 2.45) is 0 Å². The van der Waals surface area contributed by atoms with Crippen LogP contribution in [0.25, 0.3) is 22.3 Å². The van der Waals surface area contributed by atoms with E-state index in [1.165, 1.54) is 5.56 Å². The van der Waals surface area contributed by atoms with Gasteiger partial charge in [-0.1, -0.05) is 18.2 Å². The Morgan fingerprint density at radius 1 is 0.947 bits per heavy atom. The fraction of sp³-hybridized carbons (Fsp3) is 0.118. The van der Waals surface area contributed by atoms with Gasteiger partial charge in [0, 0.05) is 12.1 Å². The highest BCUT2D eigenvalue weighted by Gasteiger charge is 2.17. The molecule has 0 aliphatic heterocycles. The highest BCUT2D eigenvalue weighted by atomic mass is 16.5. The van der Waals surface area contributed by atoms with Gasteiger partial charge in [-0.05, 0) is 36.8 Å². The van der Waals surface area contributed by atoms with E-state index in [0.717, 1.165) is 28.0 Å². The smallest absolute Gasteiger partial charge is 0.361 e. The summed E-state index contributed by atoms with van der Waals surface area (Å²) in [6.45, 7) is 2.09. The number of methoxy groups -OCH3 is 1. The topological polar surface area (TPSA) is 20.5 Å². The molecule has 94 valence electrons. The summed E-state index contributed by atoms with van der Waals surface area (Å²) in [5.41, 5.74) is 3.14. The summed E-state index contributed by atoms with van der Waals surface area (Å²) >= 11 is 0. The second-order valence-corrected chi connectivity index (χ2v) is 4.52. The van der Waals surface area contributed by atoms with Crippen LogP contribution in [0.2, 0.25) is 0 Å². The third kappa shape index (κ3) is 2.17. The van der Waals surface area contributed by atoms with Crippen LogP contribution in [0.5, 0.6) is 5.75 Å². The van der Waals surface area contributed by atoms with Crippen molar-refractivity contribution in [2.45, 2.75) is 6.92 Å². The standard InChI is InChI=1S/C17H15O2/c1-12-10-17(13-6-4-3-5-7-13)19-16-9-8-14(18-2)11-15(12)16/h3-11H,1-2H3/q+1. The lowest BCUT2D eigenvalue weighted by Gasteiger charge is -2.00. The molecule has 1 aromatic heterocycles. The van der Waals surface area contributed by atoms with Crippen molar-refractivity contribution in [3.63, 3.8) is 0 Å². The number of fused-ring (bicyclic) bond motifs is 1. The average Bonchev–Trinajstić information content (AvgIpc) is 2.48. The molecule has 0 unspecified atom stereocenters. The van der Waals surface area contributed by atoms with E-state index >= 15 is 0 Å². The maximum Gasteiger partial charge on any atom is 0.361 e. The number of benzene rings is 2. The minimum absolute atomic E-state index is 0.846. The molecule has 0 aliphatic rings. The van der Waals surface area contributed by atoms with E-state index in [4.69, 9.17) is 9.15 Å². The van der Waals surface area contributed by atoms with E-state index in [0.29, 0.717) is 0 Å². The molecule has 0 N–H and O–H groups in total. The van der Waals surface area contributed by atoms with Crippen LogP contribution in [-0.4, -0.2) is 7.11 Å². The molecule has 2 aromatic carbocycles. The van der Waals surface area contributed by atoms with Crippen molar-refractivity contribution in [3.8, 4) is 17.1 Å². The highest BCUT2D eigenvalue weighted by Crippen LogP contribution is 2.29. The van der Waals surface area contributed by atoms with Gasteiger partial charge >= 0.3 is 11.3 Å². The summed E-state index contributed by atoms with van der Waals surface area (Å²) in [4.78, 5) is 0. The normalized spacial score (nSPS) is 10.6. The first kappa shape index (κ1) is 11.7. The number of hydrogen-bond donors (Lipinski definition) is 0. The molecule has 2 heteroatoms.